The van der Waals surface area contributed by atoms with Crippen LogP contribution in [0.15, 0.2) is 36.4 Å². The number of amides is 1. The number of nitrogens with zero attached hydrogens (tertiary/aromatic N) is 3. The predicted molar refractivity (Wildman–Crippen MR) is 99.9 cm³/mol. The predicted octanol–water partition coefficient (Wildman–Crippen LogP) is 3.62. The zero-order chi connectivity index (χ0) is 16.5. The monoisotopic (exact) mass is 357 g/mol. The Bertz CT molecular complexity index is 829. The summed E-state index contributed by atoms with van der Waals surface area (Å²) in [6.45, 7) is 6.32. The maximum Gasteiger partial charge on any atom is 0.264 e. The molecule has 1 aromatic carbocycles. The molecule has 0 bridgehead atoms. The molecule has 6 heteroatoms. The lowest BCUT2D eigenvalue weighted by atomic mass is 10.3. The highest BCUT2D eigenvalue weighted by Gasteiger charge is 2.23. The van der Waals surface area contributed by atoms with Gasteiger partial charge in [-0.1, -0.05) is 12.1 Å². The molecule has 3 heterocycles. The molecule has 0 radical (unpaired) electrons. The molecule has 2 aromatic heterocycles. The number of hydrogen-bond acceptors (Lipinski definition) is 5. The Labute approximate surface area is 149 Å². The third kappa shape index (κ3) is 3.22. The van der Waals surface area contributed by atoms with E-state index in [1.165, 1.54) is 9.58 Å². The lowest BCUT2D eigenvalue weighted by Crippen LogP contribution is -2.48. The van der Waals surface area contributed by atoms with Crippen LogP contribution in [0.5, 0.6) is 0 Å². The third-order valence-corrected chi connectivity index (χ3v) is 6.32. The van der Waals surface area contributed by atoms with Crippen LogP contribution in [0.4, 0.5) is 0 Å². The lowest BCUT2D eigenvalue weighted by Gasteiger charge is -2.34. The second kappa shape index (κ2) is 6.63. The van der Waals surface area contributed by atoms with Crippen LogP contribution >= 0.6 is 22.7 Å². The summed E-state index contributed by atoms with van der Waals surface area (Å²) in [5.41, 5.74) is 1.08. The molecule has 1 amide bonds. The Hall–Kier alpha value is -1.76. The molecule has 124 valence electrons. The van der Waals surface area contributed by atoms with E-state index in [-0.39, 0.29) is 5.91 Å². The van der Waals surface area contributed by atoms with Crippen LogP contribution in [0, 0.1) is 6.92 Å². The molecule has 0 saturated carbocycles. The number of thiophene rings is 1. The molecule has 1 aliphatic heterocycles. The van der Waals surface area contributed by atoms with Gasteiger partial charge in [-0.05, 0) is 31.2 Å². The molecular weight excluding hydrogens is 338 g/mol. The van der Waals surface area contributed by atoms with Gasteiger partial charge in [-0.2, -0.15) is 0 Å². The summed E-state index contributed by atoms with van der Waals surface area (Å²) in [6.07, 6.45) is 0. The number of carbonyl (C=O) groups excluding carboxylic acids is 1. The number of benzene rings is 1. The quantitative estimate of drug-likeness (QED) is 0.718. The summed E-state index contributed by atoms with van der Waals surface area (Å²) in [5.74, 6) is 0.174. The summed E-state index contributed by atoms with van der Waals surface area (Å²) in [5, 5.41) is 1.16. The smallest absolute Gasteiger partial charge is 0.264 e. The first-order chi connectivity index (χ1) is 11.7. The van der Waals surface area contributed by atoms with E-state index in [2.05, 4.69) is 23.1 Å². The van der Waals surface area contributed by atoms with E-state index in [0.29, 0.717) is 0 Å². The minimum absolute atomic E-state index is 0.174. The van der Waals surface area contributed by atoms with E-state index in [1.54, 1.807) is 22.7 Å². The molecule has 1 fully saturated rings. The second-order valence-corrected chi connectivity index (χ2v) is 8.46. The summed E-state index contributed by atoms with van der Waals surface area (Å²) in [4.78, 5) is 23.6. The van der Waals surface area contributed by atoms with Crippen molar-refractivity contribution in [3.63, 3.8) is 0 Å². The fourth-order valence-corrected chi connectivity index (χ4v) is 4.84. The number of piperazine rings is 1. The van der Waals surface area contributed by atoms with Crippen LogP contribution < -0.4 is 0 Å². The maximum absolute atomic E-state index is 12.5. The highest BCUT2D eigenvalue weighted by Crippen LogP contribution is 2.23. The summed E-state index contributed by atoms with van der Waals surface area (Å²) >= 11 is 3.35. The van der Waals surface area contributed by atoms with E-state index in [0.717, 1.165) is 48.1 Å². The van der Waals surface area contributed by atoms with Crippen molar-refractivity contribution in [1.82, 2.24) is 14.8 Å². The Balaban J connectivity index is 1.36. The van der Waals surface area contributed by atoms with Gasteiger partial charge in [0.05, 0.1) is 21.6 Å². The molecule has 24 heavy (non-hydrogen) atoms. The minimum Gasteiger partial charge on any atom is -0.335 e. The molecule has 0 spiro atoms. The van der Waals surface area contributed by atoms with Gasteiger partial charge < -0.3 is 4.90 Å². The van der Waals surface area contributed by atoms with E-state index >= 15 is 0 Å². The van der Waals surface area contributed by atoms with E-state index in [1.807, 2.05) is 30.0 Å². The number of aryl methyl sites for hydroxylation is 1. The number of carbonyl (C=O) groups is 1. The van der Waals surface area contributed by atoms with E-state index < -0.39 is 0 Å². The molecule has 0 N–H and O–H groups in total. The molecule has 4 nitrogen and oxygen atoms in total. The van der Waals surface area contributed by atoms with Gasteiger partial charge in [0, 0.05) is 31.1 Å². The molecule has 0 aliphatic carbocycles. The van der Waals surface area contributed by atoms with Gasteiger partial charge in [0.2, 0.25) is 0 Å². The standard InChI is InChI=1S/C18H19N3OS2/c1-13-6-7-16(23-13)18(22)21-10-8-20(9-11-21)12-17-19-14-4-2-3-5-15(14)24-17/h2-7H,8-12H2,1H3. The fraction of sp³-hybridized carbons (Fsp3) is 0.333. The van der Waals surface area contributed by atoms with Crippen molar-refractivity contribution in [2.24, 2.45) is 0 Å². The summed E-state index contributed by atoms with van der Waals surface area (Å²) < 4.78 is 1.24. The average molecular weight is 358 g/mol. The van der Waals surface area contributed by atoms with Crippen LogP contribution in [-0.4, -0.2) is 46.9 Å². The van der Waals surface area contributed by atoms with Crippen LogP contribution in [0.25, 0.3) is 10.2 Å². The maximum atomic E-state index is 12.5. The average Bonchev–Trinajstić information content (AvgIpc) is 3.20. The first-order valence-corrected chi connectivity index (χ1v) is 9.75. The first kappa shape index (κ1) is 15.7. The Morgan fingerprint density at radius 3 is 2.58 bits per heavy atom. The van der Waals surface area contributed by atoms with Gasteiger partial charge in [-0.15, -0.1) is 22.7 Å². The first-order valence-electron chi connectivity index (χ1n) is 8.11. The van der Waals surface area contributed by atoms with Gasteiger partial charge in [-0.3, -0.25) is 9.69 Å². The Morgan fingerprint density at radius 1 is 1.08 bits per heavy atom. The summed E-state index contributed by atoms with van der Waals surface area (Å²) in [6, 6.07) is 12.2. The molecule has 0 atom stereocenters. The number of hydrogen-bond donors (Lipinski definition) is 0. The fourth-order valence-electron chi connectivity index (χ4n) is 2.99. The van der Waals surface area contributed by atoms with Gasteiger partial charge in [-0.25, -0.2) is 4.98 Å². The molecular formula is C18H19N3OS2. The van der Waals surface area contributed by atoms with Crippen molar-refractivity contribution < 1.29 is 4.79 Å². The zero-order valence-corrected chi connectivity index (χ0v) is 15.2. The van der Waals surface area contributed by atoms with Crippen molar-refractivity contribution in [2.75, 3.05) is 26.2 Å². The molecule has 4 rings (SSSR count). The molecule has 3 aromatic rings. The number of thiazole rings is 1. The molecule has 0 unspecified atom stereocenters. The highest BCUT2D eigenvalue weighted by atomic mass is 32.1. The number of rotatable bonds is 3. The van der Waals surface area contributed by atoms with E-state index in [4.69, 9.17) is 4.98 Å². The van der Waals surface area contributed by atoms with Crippen LogP contribution in [0.2, 0.25) is 0 Å². The normalized spacial score (nSPS) is 16.0. The Morgan fingerprint density at radius 2 is 1.88 bits per heavy atom. The van der Waals surface area contributed by atoms with Crippen molar-refractivity contribution >= 4 is 38.8 Å². The molecule has 1 saturated heterocycles. The minimum atomic E-state index is 0.174. The van der Waals surface area contributed by atoms with Crippen LogP contribution in [-0.2, 0) is 6.54 Å². The summed E-state index contributed by atoms with van der Waals surface area (Å²) in [7, 11) is 0. The second-order valence-electron chi connectivity index (χ2n) is 6.05. The molecule has 1 aliphatic rings. The topological polar surface area (TPSA) is 36.4 Å². The highest BCUT2D eigenvalue weighted by molar-refractivity contribution is 7.18. The lowest BCUT2D eigenvalue weighted by molar-refractivity contribution is 0.0633. The van der Waals surface area contributed by atoms with Crippen LogP contribution in [0.1, 0.15) is 19.6 Å². The van der Waals surface area contributed by atoms with Crippen molar-refractivity contribution in [2.45, 2.75) is 13.5 Å². The third-order valence-electron chi connectivity index (χ3n) is 4.31. The van der Waals surface area contributed by atoms with Gasteiger partial charge in [0.15, 0.2) is 0 Å². The van der Waals surface area contributed by atoms with Gasteiger partial charge in [0.25, 0.3) is 5.91 Å². The van der Waals surface area contributed by atoms with Crippen molar-refractivity contribution in [1.29, 1.82) is 0 Å². The number of aromatic nitrogens is 1. The Kier molecular flexibility index (Phi) is 4.35. The SMILES string of the molecule is Cc1ccc(C(=O)N2CCN(Cc3nc4ccccc4s3)CC2)s1. The largest absolute Gasteiger partial charge is 0.335 e. The van der Waals surface area contributed by atoms with Crippen molar-refractivity contribution in [3.05, 3.63) is 51.2 Å². The zero-order valence-electron chi connectivity index (χ0n) is 13.6. The number of fused-ring (bicyclic) bond motifs is 1. The van der Waals surface area contributed by atoms with Gasteiger partial charge in [0.1, 0.15) is 5.01 Å². The van der Waals surface area contributed by atoms with E-state index in [9.17, 15) is 4.79 Å². The van der Waals surface area contributed by atoms with Crippen LogP contribution in [0.3, 0.4) is 0 Å². The number of para-hydroxylation sites is 1. The van der Waals surface area contributed by atoms with Gasteiger partial charge >= 0.3 is 0 Å². The van der Waals surface area contributed by atoms with Crippen molar-refractivity contribution in [3.8, 4) is 0 Å².